The highest BCUT2D eigenvalue weighted by Gasteiger charge is 2.45. The molecule has 5 heterocycles. The van der Waals surface area contributed by atoms with Crippen LogP contribution < -0.4 is 21.2 Å². The van der Waals surface area contributed by atoms with Gasteiger partial charge in [-0.15, -0.1) is 0 Å². The Hall–Kier alpha value is -3.36. The molecule has 0 bridgehead atoms. The standard InChI is InChI=1S/C18H19N7O2/c1-10-8-12(22-15-11-4-6-19-14(11)20-9-21-15)17(27)25-13(10)16(26)23-18(2)5-3-7-24(18)25/h4,6,8-9H,3,5,7H2,1-2H3,(H,23,26)(H2,19,20,21,22)/t18-/m1/s1. The Morgan fingerprint density at radius 2 is 2.15 bits per heavy atom. The second kappa shape index (κ2) is 5.32. The number of fused-ring (bicyclic) bond motifs is 4. The van der Waals surface area contributed by atoms with Crippen molar-refractivity contribution < 1.29 is 4.79 Å². The van der Waals surface area contributed by atoms with E-state index in [2.05, 4.69) is 25.6 Å². The van der Waals surface area contributed by atoms with Crippen LogP contribution in [-0.4, -0.2) is 37.7 Å². The molecule has 9 heteroatoms. The number of pyridine rings is 1. The molecular formula is C18H19N7O2. The zero-order valence-corrected chi connectivity index (χ0v) is 15.0. The lowest BCUT2D eigenvalue weighted by Crippen LogP contribution is -2.67. The van der Waals surface area contributed by atoms with Crippen LogP contribution in [0.25, 0.3) is 11.0 Å². The van der Waals surface area contributed by atoms with E-state index >= 15 is 0 Å². The molecule has 9 nitrogen and oxygen atoms in total. The predicted molar refractivity (Wildman–Crippen MR) is 101 cm³/mol. The maximum absolute atomic E-state index is 13.3. The van der Waals surface area contributed by atoms with Crippen molar-refractivity contribution >= 4 is 28.4 Å². The molecular weight excluding hydrogens is 346 g/mol. The number of carbonyl (C=O) groups excluding carboxylic acids is 1. The number of H-pyrrole nitrogens is 1. The van der Waals surface area contributed by atoms with Gasteiger partial charge in [0.15, 0.2) is 0 Å². The third kappa shape index (κ3) is 2.17. The number of hydrogen-bond acceptors (Lipinski definition) is 6. The minimum absolute atomic E-state index is 0.216. The normalized spacial score (nSPS) is 21.1. The molecule has 0 spiro atoms. The lowest BCUT2D eigenvalue weighted by Gasteiger charge is -2.43. The van der Waals surface area contributed by atoms with Crippen LogP contribution in [-0.2, 0) is 0 Å². The van der Waals surface area contributed by atoms with E-state index in [4.69, 9.17) is 0 Å². The Morgan fingerprint density at radius 3 is 3.00 bits per heavy atom. The van der Waals surface area contributed by atoms with Crippen molar-refractivity contribution in [3.63, 3.8) is 0 Å². The highest BCUT2D eigenvalue weighted by molar-refractivity contribution is 5.96. The molecule has 5 rings (SSSR count). The van der Waals surface area contributed by atoms with Crippen molar-refractivity contribution in [2.24, 2.45) is 0 Å². The molecule has 3 N–H and O–H groups in total. The molecule has 2 aliphatic heterocycles. The van der Waals surface area contributed by atoms with Gasteiger partial charge in [0.2, 0.25) is 0 Å². The molecule has 138 valence electrons. The Balaban J connectivity index is 1.68. The lowest BCUT2D eigenvalue weighted by molar-refractivity contribution is 0.0850. The highest BCUT2D eigenvalue weighted by atomic mass is 16.2. The zero-order chi connectivity index (χ0) is 18.8. The maximum atomic E-state index is 13.3. The number of carbonyl (C=O) groups is 1. The van der Waals surface area contributed by atoms with Crippen LogP contribution >= 0.6 is 0 Å². The van der Waals surface area contributed by atoms with E-state index in [9.17, 15) is 9.59 Å². The number of amides is 1. The predicted octanol–water partition coefficient (Wildman–Crippen LogP) is 1.36. The van der Waals surface area contributed by atoms with Gasteiger partial charge in [0, 0.05) is 12.7 Å². The molecule has 27 heavy (non-hydrogen) atoms. The van der Waals surface area contributed by atoms with Crippen molar-refractivity contribution in [1.29, 1.82) is 0 Å². The van der Waals surface area contributed by atoms with Gasteiger partial charge >= 0.3 is 0 Å². The summed E-state index contributed by atoms with van der Waals surface area (Å²) in [6.45, 7) is 4.50. The molecule has 3 aromatic heterocycles. The monoisotopic (exact) mass is 365 g/mol. The van der Waals surface area contributed by atoms with Gasteiger partial charge in [-0.1, -0.05) is 0 Å². The van der Waals surface area contributed by atoms with Gasteiger partial charge in [0.25, 0.3) is 11.5 Å². The van der Waals surface area contributed by atoms with E-state index in [1.807, 2.05) is 24.9 Å². The second-order valence-electron chi connectivity index (χ2n) is 7.25. The quantitative estimate of drug-likeness (QED) is 0.633. The number of rotatable bonds is 2. The molecule has 0 aromatic carbocycles. The number of hydrogen-bond donors (Lipinski definition) is 3. The fourth-order valence-electron chi connectivity index (χ4n) is 4.12. The van der Waals surface area contributed by atoms with E-state index in [0.717, 1.165) is 23.8 Å². The van der Waals surface area contributed by atoms with E-state index in [1.54, 1.807) is 12.3 Å². The first-order chi connectivity index (χ1) is 13.0. The Morgan fingerprint density at radius 1 is 1.30 bits per heavy atom. The number of aryl methyl sites for hydroxylation is 1. The van der Waals surface area contributed by atoms with Crippen LogP contribution in [0.5, 0.6) is 0 Å². The fraction of sp³-hybridized carbons (Fsp3) is 0.333. The van der Waals surface area contributed by atoms with Gasteiger partial charge < -0.3 is 15.6 Å². The first-order valence-corrected chi connectivity index (χ1v) is 8.90. The summed E-state index contributed by atoms with van der Waals surface area (Å²) in [6, 6.07) is 3.55. The summed E-state index contributed by atoms with van der Waals surface area (Å²) in [7, 11) is 0. The van der Waals surface area contributed by atoms with Gasteiger partial charge in [-0.25, -0.2) is 14.6 Å². The molecule has 0 saturated carbocycles. The van der Waals surface area contributed by atoms with Gasteiger partial charge in [0.05, 0.1) is 5.39 Å². The Kier molecular flexibility index (Phi) is 3.13. The smallest absolute Gasteiger partial charge is 0.293 e. The number of aromatic nitrogens is 4. The van der Waals surface area contributed by atoms with E-state index < -0.39 is 5.66 Å². The van der Waals surface area contributed by atoms with E-state index in [-0.39, 0.29) is 11.5 Å². The van der Waals surface area contributed by atoms with Gasteiger partial charge in [-0.2, -0.15) is 0 Å². The van der Waals surface area contributed by atoms with Gasteiger partial charge in [-0.3, -0.25) is 14.6 Å². The van der Waals surface area contributed by atoms with Crippen molar-refractivity contribution in [3.8, 4) is 0 Å². The molecule has 0 radical (unpaired) electrons. The van der Waals surface area contributed by atoms with Crippen LogP contribution in [0.2, 0.25) is 0 Å². The van der Waals surface area contributed by atoms with Crippen molar-refractivity contribution in [2.45, 2.75) is 32.4 Å². The molecule has 0 unspecified atom stereocenters. The average molecular weight is 365 g/mol. The molecule has 1 atom stereocenters. The van der Waals surface area contributed by atoms with Crippen LogP contribution in [0.1, 0.15) is 35.8 Å². The summed E-state index contributed by atoms with van der Waals surface area (Å²) in [5.41, 5.74) is 1.38. The van der Waals surface area contributed by atoms with Crippen LogP contribution in [0.15, 0.2) is 29.5 Å². The largest absolute Gasteiger partial charge is 0.346 e. The SMILES string of the molecule is Cc1cc(Nc2ncnc3[nH]ccc23)c(=O)n2c1C(=O)N[C@@]1(C)CCCN21. The van der Waals surface area contributed by atoms with Crippen LogP contribution in [0.3, 0.4) is 0 Å². The van der Waals surface area contributed by atoms with Gasteiger partial charge in [-0.05, 0) is 44.4 Å². The van der Waals surface area contributed by atoms with E-state index in [1.165, 1.54) is 11.0 Å². The first-order valence-electron chi connectivity index (χ1n) is 8.90. The summed E-state index contributed by atoms with van der Waals surface area (Å²) < 4.78 is 1.53. The van der Waals surface area contributed by atoms with Crippen molar-refractivity contribution in [2.75, 3.05) is 16.9 Å². The topological polar surface area (TPSA) is 108 Å². The van der Waals surface area contributed by atoms with Crippen LogP contribution in [0, 0.1) is 6.92 Å². The zero-order valence-electron chi connectivity index (χ0n) is 15.0. The fourth-order valence-corrected chi connectivity index (χ4v) is 4.12. The minimum Gasteiger partial charge on any atom is -0.346 e. The average Bonchev–Trinajstić information content (AvgIpc) is 3.24. The molecule has 0 aliphatic carbocycles. The third-order valence-electron chi connectivity index (χ3n) is 5.42. The second-order valence-corrected chi connectivity index (χ2v) is 7.25. The summed E-state index contributed by atoms with van der Waals surface area (Å²) in [5, 5.41) is 8.93. The summed E-state index contributed by atoms with van der Waals surface area (Å²) >= 11 is 0. The number of anilines is 2. The van der Waals surface area contributed by atoms with Crippen molar-refractivity contribution in [3.05, 3.63) is 46.3 Å². The molecule has 1 fully saturated rings. The molecule has 2 aliphatic rings. The maximum Gasteiger partial charge on any atom is 0.293 e. The number of nitrogens with one attached hydrogen (secondary N) is 3. The minimum atomic E-state index is -0.540. The van der Waals surface area contributed by atoms with E-state index in [0.29, 0.717) is 29.4 Å². The van der Waals surface area contributed by atoms with Crippen molar-refractivity contribution in [1.82, 2.24) is 24.9 Å². The summed E-state index contributed by atoms with van der Waals surface area (Å²) in [6.07, 6.45) is 4.93. The number of nitrogens with zero attached hydrogens (tertiary/aromatic N) is 4. The first kappa shape index (κ1) is 15.9. The van der Waals surface area contributed by atoms with Gasteiger partial charge in [0.1, 0.15) is 34.8 Å². The molecule has 3 aromatic rings. The Labute approximate surface area is 154 Å². The third-order valence-corrected chi connectivity index (χ3v) is 5.42. The highest BCUT2D eigenvalue weighted by Crippen LogP contribution is 2.30. The molecule has 1 saturated heterocycles. The molecule has 1 amide bonds. The summed E-state index contributed by atoms with van der Waals surface area (Å²) in [4.78, 5) is 37.4. The number of aromatic amines is 1. The van der Waals surface area contributed by atoms with Crippen LogP contribution in [0.4, 0.5) is 11.5 Å². The lowest BCUT2D eigenvalue weighted by atomic mass is 10.1. The Bertz CT molecular complexity index is 1150. The summed E-state index contributed by atoms with van der Waals surface area (Å²) in [5.74, 6) is 0.328.